The van der Waals surface area contributed by atoms with Gasteiger partial charge in [-0.05, 0) is 14.0 Å². The van der Waals surface area contributed by atoms with E-state index in [0.717, 1.165) is 11.6 Å². The van der Waals surface area contributed by atoms with E-state index in [1.807, 2.05) is 14.0 Å². The number of hydrogen-bond acceptors (Lipinski definition) is 4. The van der Waals surface area contributed by atoms with Crippen LogP contribution in [0.1, 0.15) is 49.4 Å². The Hall–Kier alpha value is -0.450. The number of rotatable bonds is 4. The smallest absolute Gasteiger partial charge is 0.122 e. The molecule has 0 spiro atoms. The van der Waals surface area contributed by atoms with Crippen LogP contribution in [0.2, 0.25) is 0 Å². The first-order chi connectivity index (χ1) is 7.40. The lowest BCUT2D eigenvalue weighted by molar-refractivity contribution is 0.119. The molecule has 1 atom stereocenters. The summed E-state index contributed by atoms with van der Waals surface area (Å²) in [4.78, 5) is 6.04. The van der Waals surface area contributed by atoms with Crippen LogP contribution in [-0.4, -0.2) is 19.1 Å². The molecule has 0 aliphatic carbocycles. The third kappa shape index (κ3) is 3.03. The highest BCUT2D eigenvalue weighted by atomic mass is 32.1. The van der Waals surface area contributed by atoms with Gasteiger partial charge in [0.1, 0.15) is 11.1 Å². The van der Waals surface area contributed by atoms with Crippen molar-refractivity contribution < 1.29 is 4.74 Å². The van der Waals surface area contributed by atoms with E-state index in [4.69, 9.17) is 9.72 Å². The average molecular weight is 242 g/mol. The van der Waals surface area contributed by atoms with Crippen molar-refractivity contribution in [1.82, 2.24) is 10.3 Å². The number of methoxy groups -OCH3 is 1. The summed E-state index contributed by atoms with van der Waals surface area (Å²) in [5.41, 5.74) is 1.28. The topological polar surface area (TPSA) is 34.1 Å². The molecule has 0 amide bonds. The van der Waals surface area contributed by atoms with E-state index in [9.17, 15) is 0 Å². The minimum Gasteiger partial charge on any atom is -0.375 e. The summed E-state index contributed by atoms with van der Waals surface area (Å²) < 4.78 is 5.32. The third-order valence-electron chi connectivity index (χ3n) is 2.46. The summed E-state index contributed by atoms with van der Waals surface area (Å²) >= 11 is 1.75. The summed E-state index contributed by atoms with van der Waals surface area (Å²) in [6.07, 6.45) is 0.0803. The fourth-order valence-electron chi connectivity index (χ4n) is 1.51. The Morgan fingerprint density at radius 1 is 1.44 bits per heavy atom. The molecule has 1 aromatic heterocycles. The Kier molecular flexibility index (Phi) is 4.47. The summed E-state index contributed by atoms with van der Waals surface area (Å²) in [6.45, 7) is 9.50. The van der Waals surface area contributed by atoms with Gasteiger partial charge in [-0.15, -0.1) is 11.3 Å². The van der Waals surface area contributed by atoms with Crippen LogP contribution in [0.25, 0.3) is 0 Å². The molecule has 0 aliphatic rings. The number of aromatic nitrogens is 1. The molecular weight excluding hydrogens is 220 g/mol. The molecule has 0 radical (unpaired) electrons. The Balaban J connectivity index is 3.10. The number of nitrogens with one attached hydrogen (secondary N) is 1. The van der Waals surface area contributed by atoms with Gasteiger partial charge in [0.15, 0.2) is 0 Å². The van der Waals surface area contributed by atoms with Gasteiger partial charge in [0, 0.05) is 23.9 Å². The molecule has 4 heteroatoms. The van der Waals surface area contributed by atoms with Gasteiger partial charge in [-0.2, -0.15) is 0 Å². The molecule has 3 nitrogen and oxygen atoms in total. The van der Waals surface area contributed by atoms with Gasteiger partial charge in [0.2, 0.25) is 0 Å². The molecule has 1 heterocycles. The van der Waals surface area contributed by atoms with E-state index < -0.39 is 0 Å². The standard InChI is InChI=1S/C12H22N2OS/c1-8(15-6)11-14-10(12(2,3)4)9(16-11)7-13-5/h8,13H,7H2,1-6H3. The first-order valence-corrected chi connectivity index (χ1v) is 6.39. The van der Waals surface area contributed by atoms with Crippen LogP contribution in [0.3, 0.4) is 0 Å². The molecule has 0 aliphatic heterocycles. The zero-order valence-electron chi connectivity index (χ0n) is 11.0. The molecule has 1 rings (SSSR count). The molecule has 1 N–H and O–H groups in total. The number of hydrogen-bond donors (Lipinski definition) is 1. The minimum atomic E-state index is 0.0803. The maximum Gasteiger partial charge on any atom is 0.122 e. The number of thiazole rings is 1. The van der Waals surface area contributed by atoms with E-state index in [1.165, 1.54) is 10.6 Å². The first kappa shape index (κ1) is 13.6. The van der Waals surface area contributed by atoms with Crippen molar-refractivity contribution in [3.8, 4) is 0 Å². The van der Waals surface area contributed by atoms with Crippen molar-refractivity contribution in [2.45, 2.75) is 45.8 Å². The van der Waals surface area contributed by atoms with Crippen LogP contribution in [0, 0.1) is 0 Å². The van der Waals surface area contributed by atoms with Gasteiger partial charge in [-0.3, -0.25) is 0 Å². The van der Waals surface area contributed by atoms with Crippen molar-refractivity contribution in [3.63, 3.8) is 0 Å². The number of nitrogens with zero attached hydrogens (tertiary/aromatic N) is 1. The Morgan fingerprint density at radius 3 is 2.50 bits per heavy atom. The van der Waals surface area contributed by atoms with Crippen molar-refractivity contribution in [3.05, 3.63) is 15.6 Å². The SMILES string of the molecule is CNCc1sc(C(C)OC)nc1C(C)(C)C. The molecule has 16 heavy (non-hydrogen) atoms. The quantitative estimate of drug-likeness (QED) is 0.881. The molecular formula is C12H22N2OS. The van der Waals surface area contributed by atoms with Gasteiger partial charge in [0.05, 0.1) is 5.69 Å². The second-order valence-electron chi connectivity index (χ2n) is 4.98. The molecule has 0 aromatic carbocycles. The average Bonchev–Trinajstić information content (AvgIpc) is 2.61. The fraction of sp³-hybridized carbons (Fsp3) is 0.750. The fourth-order valence-corrected chi connectivity index (χ4v) is 2.83. The van der Waals surface area contributed by atoms with Crippen molar-refractivity contribution in [2.24, 2.45) is 0 Å². The summed E-state index contributed by atoms with van der Waals surface area (Å²) in [6, 6.07) is 0. The largest absolute Gasteiger partial charge is 0.375 e. The lowest BCUT2D eigenvalue weighted by Gasteiger charge is -2.17. The second-order valence-corrected chi connectivity index (χ2v) is 6.10. The van der Waals surface area contributed by atoms with Gasteiger partial charge in [-0.25, -0.2) is 4.98 Å². The summed E-state index contributed by atoms with van der Waals surface area (Å²) in [5, 5.41) is 4.26. The van der Waals surface area contributed by atoms with E-state index >= 15 is 0 Å². The normalized spacial score (nSPS) is 14.1. The maximum absolute atomic E-state index is 5.32. The molecule has 0 saturated carbocycles. The molecule has 92 valence electrons. The highest BCUT2D eigenvalue weighted by Gasteiger charge is 2.24. The van der Waals surface area contributed by atoms with Crippen LogP contribution in [-0.2, 0) is 16.7 Å². The molecule has 0 bridgehead atoms. The zero-order valence-corrected chi connectivity index (χ0v) is 11.9. The van der Waals surface area contributed by atoms with E-state index in [1.54, 1.807) is 18.4 Å². The van der Waals surface area contributed by atoms with Crippen LogP contribution >= 0.6 is 11.3 Å². The predicted octanol–water partition coefficient (Wildman–Crippen LogP) is 2.87. The lowest BCUT2D eigenvalue weighted by Crippen LogP contribution is -2.16. The second kappa shape index (κ2) is 5.25. The highest BCUT2D eigenvalue weighted by molar-refractivity contribution is 7.11. The Labute approximate surface area is 102 Å². The molecule has 0 fully saturated rings. The third-order valence-corrected chi connectivity index (χ3v) is 3.68. The highest BCUT2D eigenvalue weighted by Crippen LogP contribution is 2.32. The minimum absolute atomic E-state index is 0.0803. The van der Waals surface area contributed by atoms with Crippen molar-refractivity contribution in [1.29, 1.82) is 0 Å². The lowest BCUT2D eigenvalue weighted by atomic mass is 9.91. The monoisotopic (exact) mass is 242 g/mol. The van der Waals surface area contributed by atoms with Crippen LogP contribution < -0.4 is 5.32 Å². The van der Waals surface area contributed by atoms with Crippen molar-refractivity contribution in [2.75, 3.05) is 14.2 Å². The first-order valence-electron chi connectivity index (χ1n) is 5.57. The van der Waals surface area contributed by atoms with Gasteiger partial charge in [0.25, 0.3) is 0 Å². The van der Waals surface area contributed by atoms with Crippen molar-refractivity contribution >= 4 is 11.3 Å². The van der Waals surface area contributed by atoms with E-state index in [-0.39, 0.29) is 11.5 Å². The predicted molar refractivity (Wildman–Crippen MR) is 69.0 cm³/mol. The number of ether oxygens (including phenoxy) is 1. The van der Waals surface area contributed by atoms with Crippen LogP contribution in [0.5, 0.6) is 0 Å². The van der Waals surface area contributed by atoms with Gasteiger partial charge in [-0.1, -0.05) is 20.8 Å². The van der Waals surface area contributed by atoms with E-state index in [2.05, 4.69) is 26.1 Å². The Bertz CT molecular complexity index is 341. The molecule has 1 unspecified atom stereocenters. The zero-order chi connectivity index (χ0) is 12.3. The summed E-state index contributed by atoms with van der Waals surface area (Å²) in [7, 11) is 3.69. The molecule has 0 saturated heterocycles. The van der Waals surface area contributed by atoms with Crippen LogP contribution in [0.15, 0.2) is 0 Å². The Morgan fingerprint density at radius 2 is 2.06 bits per heavy atom. The summed E-state index contributed by atoms with van der Waals surface area (Å²) in [5.74, 6) is 0. The van der Waals surface area contributed by atoms with Gasteiger partial charge >= 0.3 is 0 Å². The van der Waals surface area contributed by atoms with Gasteiger partial charge < -0.3 is 10.1 Å². The van der Waals surface area contributed by atoms with Crippen LogP contribution in [0.4, 0.5) is 0 Å². The van der Waals surface area contributed by atoms with E-state index in [0.29, 0.717) is 0 Å². The molecule has 1 aromatic rings. The maximum atomic E-state index is 5.32.